The van der Waals surface area contributed by atoms with Crippen molar-refractivity contribution in [3.8, 4) is 0 Å². The van der Waals surface area contributed by atoms with Gasteiger partial charge in [-0.25, -0.2) is 8.42 Å². The summed E-state index contributed by atoms with van der Waals surface area (Å²) >= 11 is 0. The van der Waals surface area contributed by atoms with Crippen LogP contribution >= 0.6 is 0 Å². The standard InChI is InChI=1S/C13H19NO4S/c1-5-14(9-13(15)18-4)19(16,17)12-7-6-10(2)11(3)8-12/h6-8H,5,9H2,1-4H3. The number of esters is 1. The third kappa shape index (κ3) is 3.54. The minimum Gasteiger partial charge on any atom is -0.468 e. The van der Waals surface area contributed by atoms with Gasteiger partial charge in [-0.1, -0.05) is 13.0 Å². The van der Waals surface area contributed by atoms with Crippen LogP contribution < -0.4 is 0 Å². The second kappa shape index (κ2) is 6.16. The van der Waals surface area contributed by atoms with Crippen LogP contribution in [0.15, 0.2) is 23.1 Å². The summed E-state index contributed by atoms with van der Waals surface area (Å²) in [4.78, 5) is 11.4. The zero-order chi connectivity index (χ0) is 14.6. The molecular weight excluding hydrogens is 266 g/mol. The summed E-state index contributed by atoms with van der Waals surface area (Å²) in [5.74, 6) is -0.575. The van der Waals surface area contributed by atoms with Crippen molar-refractivity contribution in [1.82, 2.24) is 4.31 Å². The summed E-state index contributed by atoms with van der Waals surface area (Å²) in [7, 11) is -2.43. The molecule has 0 fully saturated rings. The van der Waals surface area contributed by atoms with Crippen LogP contribution in [-0.2, 0) is 19.6 Å². The molecule has 1 rings (SSSR count). The topological polar surface area (TPSA) is 63.7 Å². The van der Waals surface area contributed by atoms with Gasteiger partial charge in [-0.3, -0.25) is 4.79 Å². The van der Waals surface area contributed by atoms with E-state index in [0.717, 1.165) is 15.4 Å². The van der Waals surface area contributed by atoms with Gasteiger partial charge in [0, 0.05) is 6.54 Å². The van der Waals surface area contributed by atoms with E-state index in [0.29, 0.717) is 0 Å². The van der Waals surface area contributed by atoms with E-state index in [2.05, 4.69) is 4.74 Å². The van der Waals surface area contributed by atoms with Crippen LogP contribution in [0.5, 0.6) is 0 Å². The number of likely N-dealkylation sites (N-methyl/N-ethyl adjacent to an activating group) is 1. The Labute approximate surface area is 114 Å². The van der Waals surface area contributed by atoms with Crippen molar-refractivity contribution < 1.29 is 17.9 Å². The Hall–Kier alpha value is -1.40. The Bertz CT molecular complexity index is 566. The van der Waals surface area contributed by atoms with Crippen molar-refractivity contribution >= 4 is 16.0 Å². The number of aryl methyl sites for hydroxylation is 2. The molecule has 1 aromatic carbocycles. The number of benzene rings is 1. The van der Waals surface area contributed by atoms with Crippen LogP contribution in [0.25, 0.3) is 0 Å². The Morgan fingerprint density at radius 2 is 1.89 bits per heavy atom. The lowest BCUT2D eigenvalue weighted by Gasteiger charge is -2.19. The normalized spacial score (nSPS) is 11.6. The van der Waals surface area contributed by atoms with Gasteiger partial charge in [0.2, 0.25) is 10.0 Å². The van der Waals surface area contributed by atoms with Gasteiger partial charge in [0.25, 0.3) is 0 Å². The summed E-state index contributed by atoms with van der Waals surface area (Å²) in [5.41, 5.74) is 1.92. The lowest BCUT2D eigenvalue weighted by atomic mass is 10.1. The maximum atomic E-state index is 12.4. The maximum absolute atomic E-state index is 12.4. The predicted molar refractivity (Wildman–Crippen MR) is 72.4 cm³/mol. The fourth-order valence-corrected chi connectivity index (χ4v) is 3.08. The van der Waals surface area contributed by atoms with Crippen LogP contribution in [0.1, 0.15) is 18.1 Å². The summed E-state index contributed by atoms with van der Waals surface area (Å²) in [5, 5.41) is 0. The van der Waals surface area contributed by atoms with Crippen LogP contribution in [0.3, 0.4) is 0 Å². The molecule has 0 saturated carbocycles. The smallest absolute Gasteiger partial charge is 0.321 e. The number of carbonyl (C=O) groups is 1. The molecule has 0 unspecified atom stereocenters. The molecule has 106 valence electrons. The van der Waals surface area contributed by atoms with Crippen LogP contribution in [-0.4, -0.2) is 38.9 Å². The Morgan fingerprint density at radius 3 is 2.37 bits per heavy atom. The number of ether oxygens (including phenoxy) is 1. The molecule has 1 aromatic rings. The largest absolute Gasteiger partial charge is 0.468 e. The van der Waals surface area contributed by atoms with Gasteiger partial charge in [0.05, 0.1) is 12.0 Å². The molecule has 0 aliphatic heterocycles. The summed E-state index contributed by atoms with van der Waals surface area (Å²) in [6, 6.07) is 4.93. The van der Waals surface area contributed by atoms with Crippen molar-refractivity contribution in [3.05, 3.63) is 29.3 Å². The number of rotatable bonds is 5. The average molecular weight is 285 g/mol. The number of hydrogen-bond acceptors (Lipinski definition) is 4. The number of nitrogens with zero attached hydrogens (tertiary/aromatic N) is 1. The second-order valence-corrected chi connectivity index (χ2v) is 6.19. The number of carbonyl (C=O) groups excluding carboxylic acids is 1. The van der Waals surface area contributed by atoms with E-state index in [1.54, 1.807) is 25.1 Å². The lowest BCUT2D eigenvalue weighted by Crippen LogP contribution is -2.36. The highest BCUT2D eigenvalue weighted by Crippen LogP contribution is 2.18. The van der Waals surface area contributed by atoms with Crippen molar-refractivity contribution in [3.63, 3.8) is 0 Å². The average Bonchev–Trinajstić information content (AvgIpc) is 2.38. The van der Waals surface area contributed by atoms with E-state index in [1.807, 2.05) is 13.8 Å². The van der Waals surface area contributed by atoms with Gasteiger partial charge in [0.15, 0.2) is 0 Å². The summed E-state index contributed by atoms with van der Waals surface area (Å²) in [6.07, 6.45) is 0. The highest BCUT2D eigenvalue weighted by atomic mass is 32.2. The lowest BCUT2D eigenvalue weighted by molar-refractivity contribution is -0.140. The first-order valence-electron chi connectivity index (χ1n) is 5.97. The Morgan fingerprint density at radius 1 is 1.26 bits per heavy atom. The highest BCUT2D eigenvalue weighted by Gasteiger charge is 2.25. The molecule has 0 aliphatic carbocycles. The van der Waals surface area contributed by atoms with Gasteiger partial charge >= 0.3 is 5.97 Å². The van der Waals surface area contributed by atoms with Gasteiger partial charge in [0.1, 0.15) is 6.54 Å². The molecule has 0 N–H and O–H groups in total. The fourth-order valence-electron chi connectivity index (χ4n) is 1.60. The van der Waals surface area contributed by atoms with E-state index >= 15 is 0 Å². The fraction of sp³-hybridized carbons (Fsp3) is 0.462. The zero-order valence-corrected chi connectivity index (χ0v) is 12.5. The Kier molecular flexibility index (Phi) is 5.08. The monoisotopic (exact) mass is 285 g/mol. The molecule has 0 aromatic heterocycles. The molecule has 5 nitrogen and oxygen atoms in total. The van der Waals surface area contributed by atoms with E-state index < -0.39 is 16.0 Å². The van der Waals surface area contributed by atoms with Gasteiger partial charge in [-0.2, -0.15) is 4.31 Å². The van der Waals surface area contributed by atoms with Crippen LogP contribution in [0.4, 0.5) is 0 Å². The molecule has 0 amide bonds. The van der Waals surface area contributed by atoms with Crippen LogP contribution in [0, 0.1) is 13.8 Å². The third-order valence-corrected chi connectivity index (χ3v) is 4.92. The van der Waals surface area contributed by atoms with Gasteiger partial charge in [-0.15, -0.1) is 0 Å². The number of sulfonamides is 1. The molecule has 0 radical (unpaired) electrons. The minimum absolute atomic E-state index is 0.196. The molecule has 0 aliphatic rings. The molecule has 6 heteroatoms. The van der Waals surface area contributed by atoms with Crippen molar-refractivity contribution in [2.45, 2.75) is 25.7 Å². The SMILES string of the molecule is CCN(CC(=O)OC)S(=O)(=O)c1ccc(C)c(C)c1. The molecule has 0 atom stereocenters. The zero-order valence-electron chi connectivity index (χ0n) is 11.6. The second-order valence-electron chi connectivity index (χ2n) is 4.25. The van der Waals surface area contributed by atoms with Crippen molar-refractivity contribution in [2.75, 3.05) is 20.2 Å². The van der Waals surface area contributed by atoms with Crippen molar-refractivity contribution in [1.29, 1.82) is 0 Å². The van der Waals surface area contributed by atoms with E-state index in [-0.39, 0.29) is 18.0 Å². The van der Waals surface area contributed by atoms with E-state index in [9.17, 15) is 13.2 Å². The van der Waals surface area contributed by atoms with Gasteiger partial charge < -0.3 is 4.74 Å². The first-order chi connectivity index (χ1) is 8.82. The predicted octanol–water partition coefficient (Wildman–Crippen LogP) is 1.49. The van der Waals surface area contributed by atoms with Gasteiger partial charge in [-0.05, 0) is 37.1 Å². The minimum atomic E-state index is -3.66. The highest BCUT2D eigenvalue weighted by molar-refractivity contribution is 7.89. The Balaban J connectivity index is 3.13. The first-order valence-corrected chi connectivity index (χ1v) is 7.41. The molecular formula is C13H19NO4S. The number of methoxy groups -OCH3 is 1. The van der Waals surface area contributed by atoms with Crippen molar-refractivity contribution in [2.24, 2.45) is 0 Å². The van der Waals surface area contributed by atoms with Crippen LogP contribution in [0.2, 0.25) is 0 Å². The first kappa shape index (κ1) is 15.7. The summed E-state index contributed by atoms with van der Waals surface area (Å²) < 4.78 is 30.4. The van der Waals surface area contributed by atoms with E-state index in [4.69, 9.17) is 0 Å². The molecule has 19 heavy (non-hydrogen) atoms. The summed E-state index contributed by atoms with van der Waals surface area (Å²) in [6.45, 7) is 5.39. The quantitative estimate of drug-likeness (QED) is 0.769. The molecule has 0 bridgehead atoms. The molecule has 0 spiro atoms. The molecule has 0 heterocycles. The van der Waals surface area contributed by atoms with E-state index in [1.165, 1.54) is 7.11 Å². The number of hydrogen-bond donors (Lipinski definition) is 0. The third-order valence-electron chi connectivity index (χ3n) is 3.00. The molecule has 0 saturated heterocycles. The maximum Gasteiger partial charge on any atom is 0.321 e.